The predicted octanol–water partition coefficient (Wildman–Crippen LogP) is 6.11. The van der Waals surface area contributed by atoms with Crippen molar-refractivity contribution in [3.05, 3.63) is 84.1 Å². The monoisotopic (exact) mass is 542 g/mol. The van der Waals surface area contributed by atoms with Gasteiger partial charge in [0.25, 0.3) is 0 Å². The van der Waals surface area contributed by atoms with Gasteiger partial charge in [-0.25, -0.2) is 14.0 Å². The van der Waals surface area contributed by atoms with Gasteiger partial charge in [-0.2, -0.15) is 0 Å². The number of likely N-dealkylation sites (tertiary alicyclic amines) is 1. The van der Waals surface area contributed by atoms with Crippen molar-refractivity contribution in [1.29, 1.82) is 0 Å². The molecule has 2 aliphatic heterocycles. The topological polar surface area (TPSA) is 87.9 Å². The lowest BCUT2D eigenvalue weighted by Crippen LogP contribution is -2.46. The van der Waals surface area contributed by atoms with Gasteiger partial charge in [0.05, 0.1) is 18.3 Å². The number of aromatic nitrogens is 2. The number of carbonyl (C=O) groups is 2. The molecule has 0 saturated carbocycles. The molecule has 0 radical (unpaired) electrons. The average molecular weight is 543 g/mol. The van der Waals surface area contributed by atoms with Crippen LogP contribution in [0.1, 0.15) is 48.7 Å². The SMILES string of the molecule is CC(C)n1cc(CN2CCC3(CC2)CN(c2ccc(C(=O)O)cc2)C(=O)O3)c2c(-c3ccncc3F)cccc21. The third-order valence-electron chi connectivity index (χ3n) is 8.11. The number of rotatable bonds is 6. The van der Waals surface area contributed by atoms with Crippen molar-refractivity contribution in [3.8, 4) is 11.1 Å². The van der Waals surface area contributed by atoms with Crippen molar-refractivity contribution in [2.24, 2.45) is 0 Å². The molecule has 40 heavy (non-hydrogen) atoms. The molecular weight excluding hydrogens is 511 g/mol. The number of pyridine rings is 1. The van der Waals surface area contributed by atoms with Gasteiger partial charge < -0.3 is 14.4 Å². The van der Waals surface area contributed by atoms with Gasteiger partial charge in [-0.1, -0.05) is 12.1 Å². The van der Waals surface area contributed by atoms with Gasteiger partial charge in [-0.05, 0) is 61.4 Å². The van der Waals surface area contributed by atoms with Crippen molar-refractivity contribution >= 4 is 28.7 Å². The third-order valence-corrected chi connectivity index (χ3v) is 8.11. The Morgan fingerprint density at radius 2 is 1.85 bits per heavy atom. The maximum absolute atomic E-state index is 14.8. The van der Waals surface area contributed by atoms with E-state index in [0.29, 0.717) is 37.2 Å². The minimum atomic E-state index is -1.01. The summed E-state index contributed by atoms with van der Waals surface area (Å²) < 4.78 is 23.0. The molecule has 2 aromatic heterocycles. The van der Waals surface area contributed by atoms with Gasteiger partial charge in [0.2, 0.25) is 0 Å². The normalized spacial score (nSPS) is 17.2. The first kappa shape index (κ1) is 26.0. The second kappa shape index (κ2) is 10.1. The molecule has 206 valence electrons. The lowest BCUT2D eigenvalue weighted by atomic mass is 9.90. The second-order valence-electron chi connectivity index (χ2n) is 11.0. The Balaban J connectivity index is 1.22. The quantitative estimate of drug-likeness (QED) is 0.316. The molecule has 9 heteroatoms. The van der Waals surface area contributed by atoms with E-state index >= 15 is 0 Å². The largest absolute Gasteiger partial charge is 0.478 e. The van der Waals surface area contributed by atoms with Crippen molar-refractivity contribution in [2.45, 2.75) is 44.9 Å². The molecule has 2 saturated heterocycles. The predicted molar refractivity (Wildman–Crippen MR) is 150 cm³/mol. The summed E-state index contributed by atoms with van der Waals surface area (Å²) in [6.07, 6.45) is 6.03. The highest BCUT2D eigenvalue weighted by Crippen LogP contribution is 2.39. The number of piperidine rings is 1. The van der Waals surface area contributed by atoms with Gasteiger partial charge in [-0.3, -0.25) is 14.8 Å². The van der Waals surface area contributed by atoms with E-state index in [4.69, 9.17) is 9.84 Å². The van der Waals surface area contributed by atoms with E-state index < -0.39 is 17.7 Å². The molecule has 0 unspecified atom stereocenters. The maximum atomic E-state index is 14.8. The maximum Gasteiger partial charge on any atom is 0.415 e. The second-order valence-corrected chi connectivity index (χ2v) is 11.0. The number of fused-ring (bicyclic) bond motifs is 1. The van der Waals surface area contributed by atoms with Gasteiger partial charge in [0.15, 0.2) is 0 Å². The zero-order valence-corrected chi connectivity index (χ0v) is 22.5. The van der Waals surface area contributed by atoms with Crippen molar-refractivity contribution in [2.75, 3.05) is 24.5 Å². The van der Waals surface area contributed by atoms with E-state index in [1.54, 1.807) is 29.3 Å². The number of hydrogen-bond donors (Lipinski definition) is 1. The number of anilines is 1. The Labute approximate surface area is 231 Å². The molecule has 1 N–H and O–H groups in total. The molecule has 4 aromatic rings. The number of benzene rings is 2. The first-order valence-corrected chi connectivity index (χ1v) is 13.5. The summed E-state index contributed by atoms with van der Waals surface area (Å²) in [6, 6.07) is 14.3. The van der Waals surface area contributed by atoms with Crippen LogP contribution in [0.4, 0.5) is 14.9 Å². The van der Waals surface area contributed by atoms with E-state index in [1.807, 2.05) is 12.1 Å². The van der Waals surface area contributed by atoms with E-state index in [0.717, 1.165) is 35.1 Å². The van der Waals surface area contributed by atoms with Gasteiger partial charge in [-0.15, -0.1) is 0 Å². The van der Waals surface area contributed by atoms with Crippen LogP contribution < -0.4 is 4.90 Å². The molecular formula is C31H31FN4O4. The fourth-order valence-corrected chi connectivity index (χ4v) is 5.99. The van der Waals surface area contributed by atoms with E-state index in [1.165, 1.54) is 18.3 Å². The van der Waals surface area contributed by atoms with Gasteiger partial charge in [0.1, 0.15) is 11.4 Å². The molecule has 1 spiro atoms. The lowest BCUT2D eigenvalue weighted by Gasteiger charge is -2.37. The Morgan fingerprint density at radius 1 is 1.10 bits per heavy atom. The summed E-state index contributed by atoms with van der Waals surface area (Å²) in [7, 11) is 0. The highest BCUT2D eigenvalue weighted by molar-refractivity contribution is 5.98. The number of hydrogen-bond acceptors (Lipinski definition) is 5. The minimum absolute atomic E-state index is 0.174. The number of ether oxygens (including phenoxy) is 1. The number of aromatic carboxylic acids is 1. The highest BCUT2D eigenvalue weighted by atomic mass is 19.1. The van der Waals surface area contributed by atoms with Crippen LogP contribution in [-0.2, 0) is 11.3 Å². The van der Waals surface area contributed by atoms with E-state index in [2.05, 4.69) is 40.6 Å². The number of carboxylic acids is 1. The third kappa shape index (κ3) is 4.60. The lowest BCUT2D eigenvalue weighted by molar-refractivity contribution is -0.000898. The van der Waals surface area contributed by atoms with Crippen LogP contribution in [0.2, 0.25) is 0 Å². The summed E-state index contributed by atoms with van der Waals surface area (Å²) in [4.78, 5) is 31.9. The molecule has 0 aliphatic carbocycles. The van der Waals surface area contributed by atoms with Crippen LogP contribution in [0.15, 0.2) is 67.1 Å². The van der Waals surface area contributed by atoms with Gasteiger partial charge in [0, 0.05) is 73.1 Å². The highest BCUT2D eigenvalue weighted by Gasteiger charge is 2.47. The van der Waals surface area contributed by atoms with Gasteiger partial charge >= 0.3 is 12.1 Å². The fourth-order valence-electron chi connectivity index (χ4n) is 5.99. The van der Waals surface area contributed by atoms with Crippen LogP contribution >= 0.6 is 0 Å². The number of carboxylic acid groups (broad SMARTS) is 1. The van der Waals surface area contributed by atoms with Crippen molar-refractivity contribution in [1.82, 2.24) is 14.5 Å². The zero-order chi connectivity index (χ0) is 28.0. The van der Waals surface area contributed by atoms with E-state index in [-0.39, 0.29) is 17.4 Å². The molecule has 2 aromatic carbocycles. The number of nitrogens with zero attached hydrogens (tertiary/aromatic N) is 4. The number of halogens is 1. The zero-order valence-electron chi connectivity index (χ0n) is 22.5. The van der Waals surface area contributed by atoms with Crippen LogP contribution in [0.3, 0.4) is 0 Å². The Morgan fingerprint density at radius 3 is 2.52 bits per heavy atom. The molecule has 1 amide bonds. The smallest absolute Gasteiger partial charge is 0.415 e. The van der Waals surface area contributed by atoms with E-state index in [9.17, 15) is 14.0 Å². The molecule has 8 nitrogen and oxygen atoms in total. The molecule has 2 fully saturated rings. The van der Waals surface area contributed by atoms with Crippen LogP contribution in [0, 0.1) is 5.82 Å². The summed E-state index contributed by atoms with van der Waals surface area (Å²) in [5.41, 5.74) is 3.83. The first-order chi connectivity index (χ1) is 19.2. The first-order valence-electron chi connectivity index (χ1n) is 13.5. The average Bonchev–Trinajstić information content (AvgIpc) is 3.48. The van der Waals surface area contributed by atoms with Crippen molar-refractivity contribution < 1.29 is 23.8 Å². The summed E-state index contributed by atoms with van der Waals surface area (Å²) in [6.45, 7) is 6.92. The molecule has 2 aliphatic rings. The minimum Gasteiger partial charge on any atom is -0.478 e. The van der Waals surface area contributed by atoms with Crippen LogP contribution in [0.5, 0.6) is 0 Å². The molecule has 0 atom stereocenters. The number of carbonyl (C=O) groups excluding carboxylic acids is 1. The van der Waals surface area contributed by atoms with Crippen LogP contribution in [0.25, 0.3) is 22.0 Å². The summed E-state index contributed by atoms with van der Waals surface area (Å²) in [5, 5.41) is 10.2. The Hall–Kier alpha value is -4.24. The Kier molecular flexibility index (Phi) is 6.54. The van der Waals surface area contributed by atoms with Crippen LogP contribution in [-0.4, -0.2) is 56.9 Å². The Bertz CT molecular complexity index is 1590. The van der Waals surface area contributed by atoms with Crippen molar-refractivity contribution in [3.63, 3.8) is 0 Å². The molecule has 4 heterocycles. The summed E-state index contributed by atoms with van der Waals surface area (Å²) >= 11 is 0. The fraction of sp³-hybridized carbons (Fsp3) is 0.323. The summed E-state index contributed by atoms with van der Waals surface area (Å²) in [5.74, 6) is -1.35. The molecule has 6 rings (SSSR count). The number of amides is 1. The molecule has 0 bridgehead atoms. The standard InChI is InChI=1S/C31H31FN4O4/c1-20(2)35-18-22(28-25(4-3-5-27(28)35)24-10-13-33-16-26(24)32)17-34-14-11-31(12-15-34)19-36(30(39)40-31)23-8-6-21(7-9-23)29(37)38/h3-10,13,16,18,20H,11-12,14-15,17,19H2,1-2H3,(H,37,38).